The summed E-state index contributed by atoms with van der Waals surface area (Å²) in [7, 11) is 0. The number of amides is 1. The summed E-state index contributed by atoms with van der Waals surface area (Å²) in [4.78, 5) is 24.1. The molecule has 0 unspecified atom stereocenters. The van der Waals surface area contributed by atoms with Crippen LogP contribution in [0, 0.1) is 5.82 Å². The van der Waals surface area contributed by atoms with Crippen LogP contribution < -0.4 is 10.2 Å². The number of rotatable bonds is 3. The number of furan rings is 1. The van der Waals surface area contributed by atoms with Crippen molar-refractivity contribution in [3.63, 3.8) is 0 Å². The Bertz CT molecular complexity index is 1270. The molecular formula is C22H18ClFN4O2. The monoisotopic (exact) mass is 424 g/mol. The molecule has 5 rings (SSSR count). The summed E-state index contributed by atoms with van der Waals surface area (Å²) in [5.74, 6) is -0.372. The highest BCUT2D eigenvalue weighted by Gasteiger charge is 2.24. The zero-order chi connectivity index (χ0) is 20.7. The van der Waals surface area contributed by atoms with E-state index in [1.54, 1.807) is 0 Å². The van der Waals surface area contributed by atoms with Gasteiger partial charge in [0.05, 0.1) is 10.7 Å². The van der Waals surface area contributed by atoms with E-state index in [0.29, 0.717) is 28.2 Å². The highest BCUT2D eigenvalue weighted by atomic mass is 35.5. The fourth-order valence-electron chi connectivity index (χ4n) is 3.77. The summed E-state index contributed by atoms with van der Waals surface area (Å²) in [6.45, 7) is 1.68. The van der Waals surface area contributed by atoms with Crippen LogP contribution in [0.4, 0.5) is 15.9 Å². The van der Waals surface area contributed by atoms with E-state index in [1.165, 1.54) is 18.6 Å². The van der Waals surface area contributed by atoms with Crippen LogP contribution in [0.15, 0.2) is 46.9 Å². The van der Waals surface area contributed by atoms with E-state index in [9.17, 15) is 9.18 Å². The van der Waals surface area contributed by atoms with E-state index in [-0.39, 0.29) is 10.8 Å². The summed E-state index contributed by atoms with van der Waals surface area (Å²) < 4.78 is 19.4. The Hall–Kier alpha value is -3.19. The molecule has 152 valence electrons. The van der Waals surface area contributed by atoms with Crippen molar-refractivity contribution in [2.45, 2.75) is 19.3 Å². The Morgan fingerprint density at radius 2 is 1.90 bits per heavy atom. The van der Waals surface area contributed by atoms with Crippen LogP contribution in [-0.2, 0) is 0 Å². The highest BCUT2D eigenvalue weighted by molar-refractivity contribution is 6.33. The second-order valence-electron chi connectivity index (χ2n) is 7.27. The molecule has 1 N–H and O–H groups in total. The van der Waals surface area contributed by atoms with Gasteiger partial charge in [-0.25, -0.2) is 14.4 Å². The first-order valence-corrected chi connectivity index (χ1v) is 10.2. The van der Waals surface area contributed by atoms with Crippen molar-refractivity contribution in [3.8, 4) is 0 Å². The Morgan fingerprint density at radius 1 is 1.10 bits per heavy atom. The van der Waals surface area contributed by atoms with Crippen LogP contribution >= 0.6 is 11.6 Å². The van der Waals surface area contributed by atoms with Gasteiger partial charge in [-0.3, -0.25) is 4.79 Å². The molecule has 4 aromatic rings. The first kappa shape index (κ1) is 18.8. The Labute approximate surface area is 176 Å². The van der Waals surface area contributed by atoms with E-state index in [4.69, 9.17) is 16.0 Å². The van der Waals surface area contributed by atoms with Crippen molar-refractivity contribution >= 4 is 51.1 Å². The lowest BCUT2D eigenvalue weighted by atomic mass is 10.1. The van der Waals surface area contributed by atoms with Crippen LogP contribution in [0.2, 0.25) is 5.02 Å². The van der Waals surface area contributed by atoms with Gasteiger partial charge in [0.1, 0.15) is 16.9 Å². The van der Waals surface area contributed by atoms with E-state index >= 15 is 0 Å². The molecule has 30 heavy (non-hydrogen) atoms. The van der Waals surface area contributed by atoms with Gasteiger partial charge in [0, 0.05) is 18.5 Å². The normalized spacial score (nSPS) is 14.4. The van der Waals surface area contributed by atoms with Gasteiger partial charge in [-0.2, -0.15) is 0 Å². The Morgan fingerprint density at radius 3 is 2.70 bits per heavy atom. The molecule has 1 fully saturated rings. The number of hydrogen-bond donors (Lipinski definition) is 1. The molecule has 0 spiro atoms. The summed E-state index contributed by atoms with van der Waals surface area (Å²) in [5.41, 5.74) is 2.16. The maximum Gasteiger partial charge on any atom is 0.293 e. The highest BCUT2D eigenvalue weighted by Crippen LogP contribution is 2.34. The number of hydrogen-bond acceptors (Lipinski definition) is 5. The van der Waals surface area contributed by atoms with E-state index < -0.39 is 11.7 Å². The number of carbonyl (C=O) groups excluding carboxylic acids is 1. The molecule has 2 aromatic carbocycles. The first-order valence-electron chi connectivity index (χ1n) is 9.81. The molecule has 8 heteroatoms. The number of benzene rings is 2. The number of piperidine rings is 1. The predicted octanol–water partition coefficient (Wildman–Crippen LogP) is 5.41. The van der Waals surface area contributed by atoms with Gasteiger partial charge in [0.2, 0.25) is 5.82 Å². The minimum absolute atomic E-state index is 0.00928. The standard InChI is InChI=1S/C22H18ClFN4O2/c23-15-12-13(24)8-9-16(15)25-22(29)20-26-18-14-6-2-3-7-17(14)30-19(18)21(27-20)28-10-4-1-5-11-28/h2-3,6-9,12H,1,4-5,10-11H2,(H,25,29). The van der Waals surface area contributed by atoms with Crippen molar-refractivity contribution in [1.82, 2.24) is 9.97 Å². The molecule has 2 aromatic heterocycles. The molecular weight excluding hydrogens is 407 g/mol. The molecule has 0 radical (unpaired) electrons. The molecule has 3 heterocycles. The van der Waals surface area contributed by atoms with Crippen molar-refractivity contribution in [3.05, 3.63) is 59.1 Å². The number of carbonyl (C=O) groups is 1. The van der Waals surface area contributed by atoms with Gasteiger partial charge in [0.15, 0.2) is 11.4 Å². The molecule has 1 aliphatic rings. The first-order chi connectivity index (χ1) is 14.6. The number of nitrogens with one attached hydrogen (secondary N) is 1. The van der Waals surface area contributed by atoms with Crippen LogP contribution in [0.1, 0.15) is 29.9 Å². The van der Waals surface area contributed by atoms with Gasteiger partial charge >= 0.3 is 0 Å². The second-order valence-corrected chi connectivity index (χ2v) is 7.68. The fourth-order valence-corrected chi connectivity index (χ4v) is 3.98. The zero-order valence-electron chi connectivity index (χ0n) is 16.0. The minimum atomic E-state index is -0.519. The van der Waals surface area contributed by atoms with Gasteiger partial charge < -0.3 is 14.6 Å². The third kappa shape index (κ3) is 3.35. The maximum atomic E-state index is 13.3. The molecule has 6 nitrogen and oxygen atoms in total. The van der Waals surface area contributed by atoms with Gasteiger partial charge in [-0.1, -0.05) is 23.7 Å². The molecule has 1 amide bonds. The van der Waals surface area contributed by atoms with Gasteiger partial charge in [0.25, 0.3) is 5.91 Å². The summed E-state index contributed by atoms with van der Waals surface area (Å²) in [6, 6.07) is 11.4. The average molecular weight is 425 g/mol. The third-order valence-corrected chi connectivity index (χ3v) is 5.55. The second kappa shape index (κ2) is 7.57. The molecule has 0 saturated carbocycles. The summed E-state index contributed by atoms with van der Waals surface area (Å²) in [6.07, 6.45) is 3.28. The van der Waals surface area contributed by atoms with E-state index in [2.05, 4.69) is 20.2 Å². The molecule has 0 aliphatic carbocycles. The molecule has 1 aliphatic heterocycles. The number of anilines is 2. The maximum absolute atomic E-state index is 13.3. The minimum Gasteiger partial charge on any atom is -0.450 e. The average Bonchev–Trinajstić information content (AvgIpc) is 3.14. The number of para-hydroxylation sites is 1. The van der Waals surface area contributed by atoms with Crippen LogP contribution in [0.25, 0.3) is 22.1 Å². The van der Waals surface area contributed by atoms with Crippen LogP contribution in [0.5, 0.6) is 0 Å². The fraction of sp³-hybridized carbons (Fsp3) is 0.227. The van der Waals surface area contributed by atoms with Gasteiger partial charge in [-0.05, 0) is 49.6 Å². The Balaban J connectivity index is 1.62. The molecule has 0 bridgehead atoms. The largest absolute Gasteiger partial charge is 0.450 e. The van der Waals surface area contributed by atoms with Crippen LogP contribution in [0.3, 0.4) is 0 Å². The number of aromatic nitrogens is 2. The zero-order valence-corrected chi connectivity index (χ0v) is 16.7. The third-order valence-electron chi connectivity index (χ3n) is 5.24. The van der Waals surface area contributed by atoms with Crippen molar-refractivity contribution in [2.24, 2.45) is 0 Å². The lowest BCUT2D eigenvalue weighted by Crippen LogP contribution is -2.31. The lowest BCUT2D eigenvalue weighted by molar-refractivity contribution is 0.101. The number of nitrogens with zero attached hydrogens (tertiary/aromatic N) is 3. The molecule has 1 saturated heterocycles. The summed E-state index contributed by atoms with van der Waals surface area (Å²) >= 11 is 6.05. The molecule has 0 atom stereocenters. The topological polar surface area (TPSA) is 71.3 Å². The SMILES string of the molecule is O=C(Nc1ccc(F)cc1Cl)c1nc(N2CCCCC2)c2oc3ccccc3c2n1. The smallest absolute Gasteiger partial charge is 0.293 e. The predicted molar refractivity (Wildman–Crippen MR) is 115 cm³/mol. The van der Waals surface area contributed by atoms with Crippen molar-refractivity contribution in [1.29, 1.82) is 0 Å². The summed E-state index contributed by atoms with van der Waals surface area (Å²) in [5, 5.41) is 3.60. The van der Waals surface area contributed by atoms with Crippen LogP contribution in [-0.4, -0.2) is 29.0 Å². The Kier molecular flexibility index (Phi) is 4.75. The quantitative estimate of drug-likeness (QED) is 0.476. The lowest BCUT2D eigenvalue weighted by Gasteiger charge is -2.27. The van der Waals surface area contributed by atoms with E-state index in [0.717, 1.165) is 37.4 Å². The van der Waals surface area contributed by atoms with E-state index in [1.807, 2.05) is 24.3 Å². The van der Waals surface area contributed by atoms with Crippen molar-refractivity contribution < 1.29 is 13.6 Å². The van der Waals surface area contributed by atoms with Crippen molar-refractivity contribution in [2.75, 3.05) is 23.3 Å². The van der Waals surface area contributed by atoms with Gasteiger partial charge in [-0.15, -0.1) is 0 Å². The number of halogens is 2. The number of fused-ring (bicyclic) bond motifs is 3.